The van der Waals surface area contributed by atoms with E-state index in [1.54, 1.807) is 41.3 Å². The second-order valence-electron chi connectivity index (χ2n) is 8.64. The number of nitriles is 1. The molecule has 3 aromatic rings. The van der Waals surface area contributed by atoms with E-state index in [9.17, 15) is 19.2 Å². The molecule has 2 aliphatic rings. The highest BCUT2D eigenvalue weighted by atomic mass is 19.1. The van der Waals surface area contributed by atoms with Gasteiger partial charge in [-0.3, -0.25) is 14.5 Å². The molecule has 2 atom stereocenters. The molecule has 5 nitrogen and oxygen atoms in total. The van der Waals surface area contributed by atoms with Gasteiger partial charge >= 0.3 is 0 Å². The van der Waals surface area contributed by atoms with Crippen molar-refractivity contribution in [2.45, 2.75) is 31.7 Å². The fraction of sp³-hybridized carbons (Fsp3) is 0.179. The molecule has 34 heavy (non-hydrogen) atoms. The van der Waals surface area contributed by atoms with Crippen molar-refractivity contribution in [3.05, 3.63) is 107 Å². The molecule has 0 saturated heterocycles. The molecule has 1 aliphatic carbocycles. The number of nitrogens with one attached hydrogen (secondary N) is 1. The Hall–Kier alpha value is -4.24. The number of anilines is 2. The zero-order valence-corrected chi connectivity index (χ0v) is 18.6. The van der Waals surface area contributed by atoms with Gasteiger partial charge in [0, 0.05) is 24.6 Å². The van der Waals surface area contributed by atoms with Crippen LogP contribution >= 0.6 is 0 Å². The van der Waals surface area contributed by atoms with E-state index in [0.717, 1.165) is 22.5 Å². The smallest absolute Gasteiger partial charge is 0.224 e. The van der Waals surface area contributed by atoms with Gasteiger partial charge in [0.25, 0.3) is 0 Å². The van der Waals surface area contributed by atoms with Crippen molar-refractivity contribution >= 4 is 23.1 Å². The lowest BCUT2D eigenvalue weighted by Gasteiger charge is -2.34. The number of carbonyl (C=O) groups is 2. The summed E-state index contributed by atoms with van der Waals surface area (Å²) in [7, 11) is 0. The van der Waals surface area contributed by atoms with Crippen LogP contribution in [0.4, 0.5) is 15.8 Å². The number of amides is 1. The highest BCUT2D eigenvalue weighted by Crippen LogP contribution is 2.47. The van der Waals surface area contributed by atoms with Crippen molar-refractivity contribution in [3.63, 3.8) is 0 Å². The highest BCUT2D eigenvalue weighted by molar-refractivity contribution is 6.06. The maximum atomic E-state index is 13.7. The molecule has 5 rings (SSSR count). The second kappa shape index (κ2) is 8.60. The molecule has 0 unspecified atom stereocenters. The number of halogens is 1. The number of benzene rings is 3. The van der Waals surface area contributed by atoms with Crippen molar-refractivity contribution in [3.8, 4) is 6.07 Å². The van der Waals surface area contributed by atoms with Crippen molar-refractivity contribution < 1.29 is 14.0 Å². The molecule has 168 valence electrons. The molecule has 3 aromatic carbocycles. The SMILES string of the molecule is CC(=O)N1c2ccccc2NC2=C(C(=O)C[C@H](c3ccc(F)cc3)C2)[C@H]1c1ccc(C#N)cc1. The third kappa shape index (κ3) is 3.75. The van der Waals surface area contributed by atoms with Gasteiger partial charge in [0.2, 0.25) is 5.91 Å². The van der Waals surface area contributed by atoms with E-state index in [1.165, 1.54) is 19.1 Å². The molecule has 1 aliphatic heterocycles. The number of nitrogens with zero attached hydrogens (tertiary/aromatic N) is 2. The standard InChI is InChI=1S/C28H22FN3O2/c1-17(33)32-25-5-3-2-4-23(25)31-24-14-21(19-10-12-22(29)13-11-19)15-26(34)27(24)28(32)20-8-6-18(16-30)7-9-20/h2-13,21,28,31H,14-15H2,1H3/t21-,28-/m1/s1. The lowest BCUT2D eigenvalue weighted by atomic mass is 9.78. The molecule has 0 saturated carbocycles. The molecular weight excluding hydrogens is 429 g/mol. The van der Waals surface area contributed by atoms with Gasteiger partial charge < -0.3 is 5.32 Å². The number of Topliss-reactive ketones (excluding diaryl/α,β-unsaturated/α-hetero) is 1. The van der Waals surface area contributed by atoms with E-state index < -0.39 is 6.04 Å². The summed E-state index contributed by atoms with van der Waals surface area (Å²) in [5.41, 5.74) is 4.91. The summed E-state index contributed by atoms with van der Waals surface area (Å²) in [5, 5.41) is 12.7. The maximum Gasteiger partial charge on any atom is 0.224 e. The number of allylic oxidation sites excluding steroid dienone is 1. The zero-order valence-electron chi connectivity index (χ0n) is 18.6. The van der Waals surface area contributed by atoms with Crippen molar-refractivity contribution in [1.29, 1.82) is 5.26 Å². The van der Waals surface area contributed by atoms with Gasteiger partial charge in [0.05, 0.1) is 29.0 Å². The van der Waals surface area contributed by atoms with E-state index in [0.29, 0.717) is 23.2 Å². The summed E-state index contributed by atoms with van der Waals surface area (Å²) in [4.78, 5) is 28.3. The van der Waals surface area contributed by atoms with Gasteiger partial charge in [-0.2, -0.15) is 5.26 Å². The van der Waals surface area contributed by atoms with Crippen molar-refractivity contribution in [2.24, 2.45) is 0 Å². The normalized spacial score (nSPS) is 19.4. The van der Waals surface area contributed by atoms with Crippen LogP contribution in [0.1, 0.15) is 48.4 Å². The van der Waals surface area contributed by atoms with E-state index in [1.807, 2.05) is 24.3 Å². The average Bonchev–Trinajstić information content (AvgIpc) is 2.99. The van der Waals surface area contributed by atoms with Crippen LogP contribution in [0.15, 0.2) is 84.1 Å². The average molecular weight is 452 g/mol. The quantitative estimate of drug-likeness (QED) is 0.549. The Morgan fingerprint density at radius 1 is 1.00 bits per heavy atom. The Labute approximate surface area is 197 Å². The van der Waals surface area contributed by atoms with Gasteiger partial charge in [0.1, 0.15) is 5.82 Å². The molecule has 1 amide bonds. The molecule has 0 bridgehead atoms. The number of para-hydroxylation sites is 2. The third-order valence-corrected chi connectivity index (χ3v) is 6.52. The van der Waals surface area contributed by atoms with E-state index in [2.05, 4.69) is 11.4 Å². The van der Waals surface area contributed by atoms with Gasteiger partial charge in [-0.15, -0.1) is 0 Å². The van der Waals surface area contributed by atoms with Gasteiger partial charge in [0.15, 0.2) is 5.78 Å². The lowest BCUT2D eigenvalue weighted by molar-refractivity contribution is -0.117. The van der Waals surface area contributed by atoms with Crippen LogP contribution in [0.5, 0.6) is 0 Å². The summed E-state index contributed by atoms with van der Waals surface area (Å²) in [6, 6.07) is 22.3. The van der Waals surface area contributed by atoms with Crippen LogP contribution in [-0.2, 0) is 9.59 Å². The maximum absolute atomic E-state index is 13.7. The van der Waals surface area contributed by atoms with Crippen molar-refractivity contribution in [2.75, 3.05) is 10.2 Å². The number of fused-ring (bicyclic) bond motifs is 1. The molecule has 1 heterocycles. The van der Waals surface area contributed by atoms with Gasteiger partial charge in [-0.25, -0.2) is 4.39 Å². The highest BCUT2D eigenvalue weighted by Gasteiger charge is 2.40. The number of hydrogen-bond acceptors (Lipinski definition) is 4. The lowest BCUT2D eigenvalue weighted by Crippen LogP contribution is -2.37. The first-order chi connectivity index (χ1) is 16.5. The van der Waals surface area contributed by atoms with Crippen LogP contribution in [0.3, 0.4) is 0 Å². The number of rotatable bonds is 2. The molecule has 0 fully saturated rings. The molecule has 0 aromatic heterocycles. The summed E-state index contributed by atoms with van der Waals surface area (Å²) < 4.78 is 13.5. The topological polar surface area (TPSA) is 73.2 Å². The Bertz CT molecular complexity index is 1350. The first-order valence-corrected chi connectivity index (χ1v) is 11.1. The minimum Gasteiger partial charge on any atom is -0.357 e. The molecular formula is C28H22FN3O2. The minimum atomic E-state index is -0.627. The fourth-order valence-corrected chi connectivity index (χ4v) is 4.96. The van der Waals surface area contributed by atoms with Crippen LogP contribution in [0.25, 0.3) is 0 Å². The fourth-order valence-electron chi connectivity index (χ4n) is 4.96. The van der Waals surface area contributed by atoms with Gasteiger partial charge in [-0.1, -0.05) is 36.4 Å². The van der Waals surface area contributed by atoms with E-state index in [4.69, 9.17) is 0 Å². The number of ketones is 1. The number of carbonyl (C=O) groups excluding carboxylic acids is 2. The first-order valence-electron chi connectivity index (χ1n) is 11.1. The number of hydrogen-bond donors (Lipinski definition) is 1. The van der Waals surface area contributed by atoms with Crippen LogP contribution in [-0.4, -0.2) is 11.7 Å². The Balaban J connectivity index is 1.69. The summed E-state index contributed by atoms with van der Waals surface area (Å²) >= 11 is 0. The third-order valence-electron chi connectivity index (χ3n) is 6.52. The first kappa shape index (κ1) is 21.6. The van der Waals surface area contributed by atoms with E-state index in [-0.39, 0.29) is 29.8 Å². The molecule has 0 radical (unpaired) electrons. The predicted molar refractivity (Wildman–Crippen MR) is 128 cm³/mol. The Morgan fingerprint density at radius 2 is 1.68 bits per heavy atom. The summed E-state index contributed by atoms with van der Waals surface area (Å²) in [6.07, 6.45) is 0.820. The van der Waals surface area contributed by atoms with E-state index >= 15 is 0 Å². The zero-order chi connectivity index (χ0) is 23.8. The van der Waals surface area contributed by atoms with Gasteiger partial charge in [-0.05, 0) is 59.9 Å². The molecule has 1 N–H and O–H groups in total. The predicted octanol–water partition coefficient (Wildman–Crippen LogP) is 5.62. The Kier molecular flexibility index (Phi) is 5.46. The van der Waals surface area contributed by atoms with Crippen LogP contribution < -0.4 is 10.2 Å². The monoisotopic (exact) mass is 451 g/mol. The minimum absolute atomic E-state index is 0.0588. The van der Waals surface area contributed by atoms with Crippen molar-refractivity contribution in [1.82, 2.24) is 0 Å². The molecule has 0 spiro atoms. The summed E-state index contributed by atoms with van der Waals surface area (Å²) in [6.45, 7) is 1.49. The largest absolute Gasteiger partial charge is 0.357 e. The van der Waals surface area contributed by atoms with Crippen LogP contribution in [0, 0.1) is 17.1 Å². The molecule has 6 heteroatoms. The Morgan fingerprint density at radius 3 is 2.35 bits per heavy atom. The summed E-state index contributed by atoms with van der Waals surface area (Å²) in [5.74, 6) is -0.662. The second-order valence-corrected chi connectivity index (χ2v) is 8.64. The van der Waals surface area contributed by atoms with Crippen LogP contribution in [0.2, 0.25) is 0 Å².